The fraction of sp³-hybridized carbons (Fsp3) is 0.600. The van der Waals surface area contributed by atoms with Gasteiger partial charge in [-0.25, -0.2) is 0 Å². The molecule has 3 nitrogen and oxygen atoms in total. The molecule has 0 heterocycles. The number of benzene rings is 1. The molecule has 0 aliphatic heterocycles. The van der Waals surface area contributed by atoms with E-state index in [0.29, 0.717) is 12.2 Å². The van der Waals surface area contributed by atoms with Gasteiger partial charge in [0, 0.05) is 5.54 Å². The molecule has 0 aromatic heterocycles. The van der Waals surface area contributed by atoms with Gasteiger partial charge in [-0.15, -0.1) is 0 Å². The third-order valence-corrected chi connectivity index (χ3v) is 2.89. The highest BCUT2D eigenvalue weighted by molar-refractivity contribution is 5.50. The number of phenols is 1. The molecular formula is C15H25NO2. The third kappa shape index (κ3) is 3.64. The van der Waals surface area contributed by atoms with Gasteiger partial charge >= 0.3 is 0 Å². The van der Waals surface area contributed by atoms with E-state index >= 15 is 0 Å². The quantitative estimate of drug-likeness (QED) is 0.868. The van der Waals surface area contributed by atoms with E-state index < -0.39 is 0 Å². The number of hydrogen-bond acceptors (Lipinski definition) is 3. The molecule has 3 heteroatoms. The second kappa shape index (κ2) is 4.81. The van der Waals surface area contributed by atoms with Crippen molar-refractivity contribution in [3.8, 4) is 11.5 Å². The number of phenolic OH excluding ortho intramolecular Hbond substituents is 1. The van der Waals surface area contributed by atoms with E-state index in [1.54, 1.807) is 7.11 Å². The predicted octanol–water partition coefficient (Wildman–Crippen LogP) is 2.98. The third-order valence-electron chi connectivity index (χ3n) is 2.89. The fourth-order valence-corrected chi connectivity index (χ4v) is 1.88. The van der Waals surface area contributed by atoms with Gasteiger partial charge in [-0.05, 0) is 42.9 Å². The normalized spacial score (nSPS) is 12.6. The molecule has 0 fully saturated rings. The Morgan fingerprint density at radius 1 is 1.17 bits per heavy atom. The predicted molar refractivity (Wildman–Crippen MR) is 75.3 cm³/mol. The number of methoxy groups -OCH3 is 1. The Morgan fingerprint density at radius 2 is 1.72 bits per heavy atom. The second-order valence-electron chi connectivity index (χ2n) is 6.60. The molecule has 18 heavy (non-hydrogen) atoms. The Labute approximate surface area is 110 Å². The Hall–Kier alpha value is -1.22. The van der Waals surface area contributed by atoms with Gasteiger partial charge in [0.25, 0.3) is 0 Å². The first kappa shape index (κ1) is 14.8. The highest BCUT2D eigenvalue weighted by Crippen LogP contribution is 2.37. The molecule has 0 bridgehead atoms. The Bertz CT molecular complexity index is 425. The minimum Gasteiger partial charge on any atom is -0.504 e. The molecule has 0 saturated heterocycles. The van der Waals surface area contributed by atoms with E-state index in [-0.39, 0.29) is 16.7 Å². The van der Waals surface area contributed by atoms with Crippen molar-refractivity contribution < 1.29 is 9.84 Å². The minimum absolute atomic E-state index is 0.00840. The van der Waals surface area contributed by atoms with Gasteiger partial charge in [-0.2, -0.15) is 0 Å². The van der Waals surface area contributed by atoms with Crippen LogP contribution in [-0.4, -0.2) is 17.8 Å². The Morgan fingerprint density at radius 3 is 2.11 bits per heavy atom. The molecule has 0 aliphatic rings. The fourth-order valence-electron chi connectivity index (χ4n) is 1.88. The monoisotopic (exact) mass is 251 g/mol. The van der Waals surface area contributed by atoms with Crippen LogP contribution in [0.25, 0.3) is 0 Å². The molecule has 0 saturated carbocycles. The van der Waals surface area contributed by atoms with Crippen molar-refractivity contribution in [3.05, 3.63) is 23.3 Å². The summed E-state index contributed by atoms with van der Waals surface area (Å²) in [5.41, 5.74) is 7.66. The number of ether oxygens (including phenoxy) is 1. The first-order valence-corrected chi connectivity index (χ1v) is 6.24. The van der Waals surface area contributed by atoms with Crippen molar-refractivity contribution in [1.29, 1.82) is 0 Å². The summed E-state index contributed by atoms with van der Waals surface area (Å²) in [6.07, 6.45) is 0.610. The zero-order chi connectivity index (χ0) is 14.1. The van der Waals surface area contributed by atoms with Crippen LogP contribution >= 0.6 is 0 Å². The summed E-state index contributed by atoms with van der Waals surface area (Å²) < 4.78 is 5.25. The van der Waals surface area contributed by atoms with Crippen LogP contribution in [0.5, 0.6) is 11.5 Å². The highest BCUT2D eigenvalue weighted by atomic mass is 16.5. The minimum atomic E-state index is -0.362. The van der Waals surface area contributed by atoms with Gasteiger partial charge in [0.05, 0.1) is 7.11 Å². The number of rotatable bonds is 3. The van der Waals surface area contributed by atoms with Crippen molar-refractivity contribution in [2.75, 3.05) is 7.11 Å². The molecule has 0 radical (unpaired) electrons. The lowest BCUT2D eigenvalue weighted by molar-refractivity contribution is 0.365. The highest BCUT2D eigenvalue weighted by Gasteiger charge is 2.22. The van der Waals surface area contributed by atoms with Gasteiger partial charge in [0.1, 0.15) is 0 Å². The average molecular weight is 251 g/mol. The van der Waals surface area contributed by atoms with Crippen LogP contribution in [0.15, 0.2) is 12.1 Å². The van der Waals surface area contributed by atoms with Crippen LogP contribution < -0.4 is 10.5 Å². The van der Waals surface area contributed by atoms with Crippen LogP contribution in [0.4, 0.5) is 0 Å². The summed E-state index contributed by atoms with van der Waals surface area (Å²) in [5, 5.41) is 10.2. The van der Waals surface area contributed by atoms with Crippen LogP contribution in [-0.2, 0) is 11.8 Å². The van der Waals surface area contributed by atoms with E-state index in [9.17, 15) is 5.11 Å². The van der Waals surface area contributed by atoms with Crippen molar-refractivity contribution in [2.24, 2.45) is 5.73 Å². The van der Waals surface area contributed by atoms with Crippen LogP contribution in [0.3, 0.4) is 0 Å². The molecule has 0 unspecified atom stereocenters. The molecule has 1 aromatic rings. The lowest BCUT2D eigenvalue weighted by Gasteiger charge is -2.24. The molecule has 102 valence electrons. The van der Waals surface area contributed by atoms with Gasteiger partial charge in [-0.1, -0.05) is 26.8 Å². The molecule has 3 N–H and O–H groups in total. The largest absolute Gasteiger partial charge is 0.504 e. The lowest BCUT2D eigenvalue weighted by atomic mass is 9.84. The molecule has 0 aliphatic carbocycles. The maximum atomic E-state index is 10.2. The van der Waals surface area contributed by atoms with Crippen molar-refractivity contribution in [2.45, 2.75) is 52.0 Å². The standard InChI is InChI=1S/C15H25NO2/c1-14(2,3)11-7-10(9-15(4,5)16)13(17)12(8-11)18-6/h7-8,17H,9,16H2,1-6H3. The van der Waals surface area contributed by atoms with Crippen LogP contribution in [0.2, 0.25) is 0 Å². The smallest absolute Gasteiger partial charge is 0.161 e. The average Bonchev–Trinajstić information content (AvgIpc) is 2.17. The lowest BCUT2D eigenvalue weighted by Crippen LogP contribution is -2.34. The van der Waals surface area contributed by atoms with E-state index in [2.05, 4.69) is 20.8 Å². The molecular weight excluding hydrogens is 226 g/mol. The first-order chi connectivity index (χ1) is 8.04. The van der Waals surface area contributed by atoms with Crippen molar-refractivity contribution in [1.82, 2.24) is 0 Å². The molecule has 0 atom stereocenters. The maximum absolute atomic E-state index is 10.2. The zero-order valence-electron chi connectivity index (χ0n) is 12.3. The topological polar surface area (TPSA) is 55.5 Å². The Balaban J connectivity index is 3.32. The first-order valence-electron chi connectivity index (χ1n) is 6.24. The zero-order valence-corrected chi connectivity index (χ0v) is 12.3. The molecule has 1 rings (SSSR count). The van der Waals surface area contributed by atoms with Gasteiger partial charge in [0.15, 0.2) is 11.5 Å². The summed E-state index contributed by atoms with van der Waals surface area (Å²) in [5.74, 6) is 0.714. The van der Waals surface area contributed by atoms with Gasteiger partial charge in [0.2, 0.25) is 0 Å². The van der Waals surface area contributed by atoms with E-state index in [1.807, 2.05) is 26.0 Å². The van der Waals surface area contributed by atoms with Crippen LogP contribution in [0.1, 0.15) is 45.7 Å². The summed E-state index contributed by atoms with van der Waals surface area (Å²) in [6.45, 7) is 10.3. The summed E-state index contributed by atoms with van der Waals surface area (Å²) >= 11 is 0. The van der Waals surface area contributed by atoms with Crippen molar-refractivity contribution in [3.63, 3.8) is 0 Å². The van der Waals surface area contributed by atoms with Crippen molar-refractivity contribution >= 4 is 0 Å². The van der Waals surface area contributed by atoms with E-state index in [0.717, 1.165) is 11.1 Å². The summed E-state index contributed by atoms with van der Waals surface area (Å²) in [7, 11) is 1.57. The summed E-state index contributed by atoms with van der Waals surface area (Å²) in [4.78, 5) is 0. The molecule has 0 amide bonds. The maximum Gasteiger partial charge on any atom is 0.161 e. The van der Waals surface area contributed by atoms with E-state index in [4.69, 9.17) is 10.5 Å². The molecule has 1 aromatic carbocycles. The number of nitrogens with two attached hydrogens (primary N) is 1. The summed E-state index contributed by atoms with van der Waals surface area (Å²) in [6, 6.07) is 3.91. The van der Waals surface area contributed by atoms with Gasteiger partial charge < -0.3 is 15.6 Å². The molecule has 0 spiro atoms. The number of hydrogen-bond donors (Lipinski definition) is 2. The Kier molecular flexibility index (Phi) is 3.96. The van der Waals surface area contributed by atoms with Crippen LogP contribution in [0, 0.1) is 0 Å². The second-order valence-corrected chi connectivity index (χ2v) is 6.60. The SMILES string of the molecule is COc1cc(C(C)(C)C)cc(CC(C)(C)N)c1O. The van der Waals surface area contributed by atoms with E-state index in [1.165, 1.54) is 0 Å². The number of aromatic hydroxyl groups is 1. The van der Waals surface area contributed by atoms with Gasteiger partial charge in [-0.3, -0.25) is 0 Å².